The summed E-state index contributed by atoms with van der Waals surface area (Å²) in [5, 5.41) is 0. The van der Waals surface area contributed by atoms with Crippen LogP contribution in [0.15, 0.2) is 0 Å². The van der Waals surface area contributed by atoms with E-state index in [4.69, 9.17) is 0 Å². The van der Waals surface area contributed by atoms with E-state index in [9.17, 15) is 9.59 Å². The quantitative estimate of drug-likeness (QED) is 0.748. The number of carbonyl (C=O) groups excluding carboxylic acids is 2. The summed E-state index contributed by atoms with van der Waals surface area (Å²) in [6, 6.07) is 0.871. The van der Waals surface area contributed by atoms with Gasteiger partial charge in [-0.1, -0.05) is 0 Å². The molecule has 0 spiro atoms. The maximum absolute atomic E-state index is 12.2. The minimum atomic E-state index is 0.0673. The van der Waals surface area contributed by atoms with Gasteiger partial charge in [-0.05, 0) is 32.6 Å². The lowest BCUT2D eigenvalue weighted by Crippen LogP contribution is -2.43. The van der Waals surface area contributed by atoms with Gasteiger partial charge in [0.1, 0.15) is 6.54 Å². The first kappa shape index (κ1) is 11.8. The Morgan fingerprint density at radius 2 is 2.00 bits per heavy atom. The van der Waals surface area contributed by atoms with Crippen LogP contribution in [-0.4, -0.2) is 64.9 Å². The van der Waals surface area contributed by atoms with Gasteiger partial charge in [0.25, 0.3) is 0 Å². The minimum absolute atomic E-state index is 0.0673. The molecule has 3 fully saturated rings. The molecule has 3 aliphatic rings. The summed E-state index contributed by atoms with van der Waals surface area (Å²) in [7, 11) is 0. The van der Waals surface area contributed by atoms with Gasteiger partial charge in [0.15, 0.2) is 0 Å². The number of hydrogen-bond acceptors (Lipinski definition) is 2. The van der Waals surface area contributed by atoms with Crippen LogP contribution in [0, 0.1) is 0 Å². The molecule has 0 aromatic heterocycles. The van der Waals surface area contributed by atoms with Gasteiger partial charge in [0.2, 0.25) is 5.91 Å². The summed E-state index contributed by atoms with van der Waals surface area (Å²) >= 11 is 0. The van der Waals surface area contributed by atoms with Gasteiger partial charge in [-0.15, -0.1) is 0 Å². The Hall–Kier alpha value is -1.26. The van der Waals surface area contributed by atoms with Crippen molar-refractivity contribution in [3.05, 3.63) is 0 Å². The Bertz CT molecular complexity index is 367. The zero-order valence-corrected chi connectivity index (χ0v) is 11.0. The molecule has 0 radical (unpaired) electrons. The molecule has 3 rings (SSSR count). The van der Waals surface area contributed by atoms with Crippen molar-refractivity contribution in [2.45, 2.75) is 44.7 Å². The maximum Gasteiger partial charge on any atom is 0.320 e. The van der Waals surface area contributed by atoms with E-state index in [1.165, 1.54) is 0 Å². The average Bonchev–Trinajstić information content (AvgIpc) is 3.00. The van der Waals surface area contributed by atoms with Gasteiger partial charge in [0, 0.05) is 31.7 Å². The molecule has 3 amide bonds. The zero-order chi connectivity index (χ0) is 12.7. The highest BCUT2D eigenvalue weighted by Gasteiger charge is 2.40. The van der Waals surface area contributed by atoms with Crippen molar-refractivity contribution in [1.82, 2.24) is 14.7 Å². The average molecular weight is 251 g/mol. The fourth-order valence-electron chi connectivity index (χ4n) is 3.03. The van der Waals surface area contributed by atoms with E-state index >= 15 is 0 Å². The molecular formula is C13H21N3O2. The SMILES string of the molecule is CC1CCCN1C(=O)CN1CCN(C2CC2)C1=O. The fraction of sp³-hybridized carbons (Fsp3) is 0.846. The van der Waals surface area contributed by atoms with Crippen LogP contribution < -0.4 is 0 Å². The van der Waals surface area contributed by atoms with Crippen LogP contribution in [-0.2, 0) is 4.79 Å². The van der Waals surface area contributed by atoms with Crippen LogP contribution in [0.2, 0.25) is 0 Å². The molecule has 2 heterocycles. The van der Waals surface area contributed by atoms with E-state index in [0.717, 1.165) is 38.8 Å². The third-order valence-electron chi connectivity index (χ3n) is 4.31. The first-order valence-electron chi connectivity index (χ1n) is 7.02. The van der Waals surface area contributed by atoms with Crippen LogP contribution in [0.3, 0.4) is 0 Å². The first-order valence-corrected chi connectivity index (χ1v) is 7.02. The largest absolute Gasteiger partial charge is 0.338 e. The Kier molecular flexibility index (Phi) is 2.92. The van der Waals surface area contributed by atoms with Crippen molar-refractivity contribution in [3.8, 4) is 0 Å². The number of hydrogen-bond donors (Lipinski definition) is 0. The number of nitrogens with zero attached hydrogens (tertiary/aromatic N) is 3. The highest BCUT2D eigenvalue weighted by atomic mass is 16.2. The standard InChI is InChI=1S/C13H21N3O2/c1-10-3-2-6-15(10)12(17)9-14-7-8-16(13(14)18)11-4-5-11/h10-11H,2-9H2,1H3. The normalized spacial score (nSPS) is 28.4. The second-order valence-corrected chi connectivity index (χ2v) is 5.71. The van der Waals surface area contributed by atoms with Gasteiger partial charge in [0.05, 0.1) is 0 Å². The van der Waals surface area contributed by atoms with E-state index in [2.05, 4.69) is 6.92 Å². The zero-order valence-electron chi connectivity index (χ0n) is 11.0. The molecule has 1 saturated carbocycles. The fourth-order valence-corrected chi connectivity index (χ4v) is 3.03. The lowest BCUT2D eigenvalue weighted by molar-refractivity contribution is -0.132. The van der Waals surface area contributed by atoms with Crippen LogP contribution in [0.4, 0.5) is 4.79 Å². The molecule has 2 saturated heterocycles. The molecule has 1 aliphatic carbocycles. The molecule has 1 unspecified atom stereocenters. The molecule has 1 atom stereocenters. The van der Waals surface area contributed by atoms with E-state index < -0.39 is 0 Å². The lowest BCUT2D eigenvalue weighted by atomic mass is 10.2. The number of carbonyl (C=O) groups is 2. The summed E-state index contributed by atoms with van der Waals surface area (Å²) in [4.78, 5) is 29.8. The predicted molar refractivity (Wildman–Crippen MR) is 67.1 cm³/mol. The van der Waals surface area contributed by atoms with Crippen molar-refractivity contribution in [1.29, 1.82) is 0 Å². The van der Waals surface area contributed by atoms with Gasteiger partial charge in [-0.3, -0.25) is 4.79 Å². The second-order valence-electron chi connectivity index (χ2n) is 5.71. The second kappa shape index (κ2) is 4.44. The summed E-state index contributed by atoms with van der Waals surface area (Å²) in [5.41, 5.74) is 0. The molecule has 0 aromatic rings. The van der Waals surface area contributed by atoms with Crippen LogP contribution in [0.1, 0.15) is 32.6 Å². The Morgan fingerprint density at radius 1 is 1.22 bits per heavy atom. The van der Waals surface area contributed by atoms with Crippen molar-refractivity contribution >= 4 is 11.9 Å². The summed E-state index contributed by atoms with van der Waals surface area (Å²) in [6.07, 6.45) is 4.45. The summed E-state index contributed by atoms with van der Waals surface area (Å²) in [5.74, 6) is 0.117. The molecule has 0 N–H and O–H groups in total. The summed E-state index contributed by atoms with van der Waals surface area (Å²) < 4.78 is 0. The predicted octanol–water partition coefficient (Wildman–Crippen LogP) is 0.897. The third-order valence-corrected chi connectivity index (χ3v) is 4.31. The van der Waals surface area contributed by atoms with Crippen molar-refractivity contribution < 1.29 is 9.59 Å². The Labute approximate surface area is 108 Å². The molecule has 5 heteroatoms. The Morgan fingerprint density at radius 3 is 2.61 bits per heavy atom. The van der Waals surface area contributed by atoms with E-state index in [-0.39, 0.29) is 18.5 Å². The Balaban J connectivity index is 1.56. The third kappa shape index (κ3) is 2.06. The molecule has 5 nitrogen and oxygen atoms in total. The lowest BCUT2D eigenvalue weighted by Gasteiger charge is -2.24. The van der Waals surface area contributed by atoms with Crippen LogP contribution >= 0.6 is 0 Å². The molecular weight excluding hydrogens is 230 g/mol. The monoisotopic (exact) mass is 251 g/mol. The molecule has 0 aromatic carbocycles. The van der Waals surface area contributed by atoms with Gasteiger partial charge in [-0.25, -0.2) is 4.79 Å². The minimum Gasteiger partial charge on any atom is -0.338 e. The smallest absolute Gasteiger partial charge is 0.320 e. The number of urea groups is 1. The molecule has 18 heavy (non-hydrogen) atoms. The van der Waals surface area contributed by atoms with Gasteiger partial charge < -0.3 is 14.7 Å². The topological polar surface area (TPSA) is 43.9 Å². The molecule has 2 aliphatic heterocycles. The number of likely N-dealkylation sites (tertiary alicyclic amines) is 1. The highest BCUT2D eigenvalue weighted by Crippen LogP contribution is 2.29. The van der Waals surface area contributed by atoms with Crippen LogP contribution in [0.5, 0.6) is 0 Å². The summed E-state index contributed by atoms with van der Waals surface area (Å²) in [6.45, 7) is 4.73. The van der Waals surface area contributed by atoms with E-state index in [1.807, 2.05) is 9.80 Å². The van der Waals surface area contributed by atoms with Gasteiger partial charge in [-0.2, -0.15) is 0 Å². The number of amides is 3. The molecule has 100 valence electrons. The molecule has 0 bridgehead atoms. The highest BCUT2D eigenvalue weighted by molar-refractivity contribution is 5.85. The van der Waals surface area contributed by atoms with Gasteiger partial charge >= 0.3 is 6.03 Å². The first-order chi connectivity index (χ1) is 8.66. The van der Waals surface area contributed by atoms with Crippen LogP contribution in [0.25, 0.3) is 0 Å². The van der Waals surface area contributed by atoms with Crippen molar-refractivity contribution in [3.63, 3.8) is 0 Å². The number of rotatable bonds is 3. The maximum atomic E-state index is 12.2. The van der Waals surface area contributed by atoms with E-state index in [1.54, 1.807) is 4.90 Å². The van der Waals surface area contributed by atoms with E-state index in [0.29, 0.717) is 18.6 Å². The van der Waals surface area contributed by atoms with Crippen molar-refractivity contribution in [2.75, 3.05) is 26.2 Å². The van der Waals surface area contributed by atoms with Crippen molar-refractivity contribution in [2.24, 2.45) is 0 Å².